The number of carbonyl (C=O) groups is 1. The SMILES string of the molecule is O=C1C[C@H](c2cc(O)c(O)c(O)c2)c2c(cc(O)c3c2O[C@@H](c2cc(O)c(O)c(O)c2)[C@@H](O)C3)O1. The molecule has 2 heterocycles. The summed E-state index contributed by atoms with van der Waals surface area (Å²) in [4.78, 5) is 12.3. The molecule has 0 aliphatic carbocycles. The van der Waals surface area contributed by atoms with Gasteiger partial charge in [-0.05, 0) is 29.8 Å². The highest BCUT2D eigenvalue weighted by Crippen LogP contribution is 2.54. The number of ether oxygens (including phenoxy) is 2. The van der Waals surface area contributed by atoms with Crippen LogP contribution in [0.5, 0.6) is 51.7 Å². The molecule has 0 aromatic heterocycles. The maximum atomic E-state index is 12.3. The zero-order chi connectivity index (χ0) is 25.2. The Morgan fingerprint density at radius 3 is 1.83 bits per heavy atom. The normalized spacial score (nSPS) is 20.9. The summed E-state index contributed by atoms with van der Waals surface area (Å²) in [5, 5.41) is 80.5. The van der Waals surface area contributed by atoms with E-state index in [0.29, 0.717) is 0 Å². The molecule has 2 aliphatic heterocycles. The van der Waals surface area contributed by atoms with Crippen molar-refractivity contribution >= 4 is 5.97 Å². The van der Waals surface area contributed by atoms with E-state index >= 15 is 0 Å². The van der Waals surface area contributed by atoms with Gasteiger partial charge in [-0.1, -0.05) is 0 Å². The average molecular weight is 484 g/mol. The van der Waals surface area contributed by atoms with Crippen molar-refractivity contribution in [2.24, 2.45) is 0 Å². The van der Waals surface area contributed by atoms with Crippen LogP contribution in [0.15, 0.2) is 30.3 Å². The van der Waals surface area contributed by atoms with Crippen molar-refractivity contribution in [2.45, 2.75) is 31.0 Å². The second kappa shape index (κ2) is 7.77. The van der Waals surface area contributed by atoms with Crippen molar-refractivity contribution in [3.63, 3.8) is 0 Å². The van der Waals surface area contributed by atoms with E-state index in [1.54, 1.807) is 0 Å². The first-order valence-corrected chi connectivity index (χ1v) is 10.5. The molecular formula is C24H20O11. The molecule has 3 aromatic carbocycles. The standard InChI is InChI=1S/C24H20O11/c25-12-7-18-20(10(6-19(31)34-18)8-1-13(26)21(32)14(27)2-8)24-11(12)5-17(30)23(35-24)9-3-15(28)22(33)16(29)4-9/h1-4,7,10,17,23,25-30,32-33H,5-6H2/t10-,17+,23+/m1/s1. The number of carbonyl (C=O) groups excluding carboxylic acids is 1. The lowest BCUT2D eigenvalue weighted by Gasteiger charge is -2.36. The molecule has 11 heteroatoms. The largest absolute Gasteiger partial charge is 0.507 e. The third-order valence-corrected chi connectivity index (χ3v) is 6.23. The van der Waals surface area contributed by atoms with Gasteiger partial charge in [0.2, 0.25) is 0 Å². The van der Waals surface area contributed by atoms with Crippen molar-refractivity contribution in [3.8, 4) is 51.7 Å². The highest BCUT2D eigenvalue weighted by atomic mass is 16.5. The lowest BCUT2D eigenvalue weighted by atomic mass is 9.82. The van der Waals surface area contributed by atoms with E-state index < -0.39 is 58.6 Å². The summed E-state index contributed by atoms with van der Waals surface area (Å²) < 4.78 is 11.4. The lowest BCUT2D eigenvalue weighted by molar-refractivity contribution is -0.135. The first kappa shape index (κ1) is 22.3. The molecule has 0 radical (unpaired) electrons. The molecule has 35 heavy (non-hydrogen) atoms. The number of benzene rings is 3. The third kappa shape index (κ3) is 3.53. The van der Waals surface area contributed by atoms with Crippen LogP contribution < -0.4 is 9.47 Å². The van der Waals surface area contributed by atoms with E-state index in [1.165, 1.54) is 18.2 Å². The predicted molar refractivity (Wildman–Crippen MR) is 116 cm³/mol. The van der Waals surface area contributed by atoms with Crippen molar-refractivity contribution in [3.05, 3.63) is 52.6 Å². The fourth-order valence-electron chi connectivity index (χ4n) is 4.57. The molecule has 0 bridgehead atoms. The number of phenols is 7. The monoisotopic (exact) mass is 484 g/mol. The molecule has 182 valence electrons. The summed E-state index contributed by atoms with van der Waals surface area (Å²) in [6.45, 7) is 0. The lowest BCUT2D eigenvalue weighted by Crippen LogP contribution is -2.32. The van der Waals surface area contributed by atoms with Gasteiger partial charge in [0.05, 0.1) is 12.5 Å². The Balaban J connectivity index is 1.68. The summed E-state index contributed by atoms with van der Waals surface area (Å²) in [6.07, 6.45) is -2.74. The zero-order valence-electron chi connectivity index (χ0n) is 17.8. The van der Waals surface area contributed by atoms with Gasteiger partial charge in [-0.25, -0.2) is 0 Å². The van der Waals surface area contributed by atoms with Gasteiger partial charge in [-0.15, -0.1) is 0 Å². The molecular weight excluding hydrogens is 464 g/mol. The number of rotatable bonds is 2. The van der Waals surface area contributed by atoms with E-state index in [9.17, 15) is 45.6 Å². The number of fused-ring (bicyclic) bond motifs is 3. The number of phenolic OH excluding ortho intramolecular Hbond substituents is 7. The Morgan fingerprint density at radius 2 is 1.26 bits per heavy atom. The first-order valence-electron chi connectivity index (χ1n) is 10.5. The van der Waals surface area contributed by atoms with Crippen molar-refractivity contribution < 1.29 is 55.1 Å². The van der Waals surface area contributed by atoms with Gasteiger partial charge in [0.1, 0.15) is 17.2 Å². The van der Waals surface area contributed by atoms with E-state index in [4.69, 9.17) is 9.47 Å². The molecule has 3 atom stereocenters. The molecule has 0 fully saturated rings. The highest BCUT2D eigenvalue weighted by molar-refractivity contribution is 5.80. The van der Waals surface area contributed by atoms with Gasteiger partial charge in [0, 0.05) is 35.1 Å². The van der Waals surface area contributed by atoms with Crippen LogP contribution in [0.2, 0.25) is 0 Å². The minimum Gasteiger partial charge on any atom is -0.507 e. The molecule has 8 N–H and O–H groups in total. The van der Waals surface area contributed by atoms with Crippen LogP contribution in [0.1, 0.15) is 40.7 Å². The third-order valence-electron chi connectivity index (χ3n) is 6.23. The molecule has 11 nitrogen and oxygen atoms in total. The van der Waals surface area contributed by atoms with Crippen molar-refractivity contribution in [1.29, 1.82) is 0 Å². The molecule has 5 rings (SSSR count). The Hall–Kier alpha value is -4.51. The summed E-state index contributed by atoms with van der Waals surface area (Å²) in [5.74, 6) is -5.76. The van der Waals surface area contributed by atoms with Gasteiger partial charge < -0.3 is 50.3 Å². The van der Waals surface area contributed by atoms with Crippen LogP contribution in [-0.2, 0) is 11.2 Å². The maximum Gasteiger partial charge on any atom is 0.312 e. The quantitative estimate of drug-likeness (QED) is 0.151. The molecule has 0 unspecified atom stereocenters. The van der Waals surface area contributed by atoms with Gasteiger partial charge in [0.25, 0.3) is 0 Å². The first-order chi connectivity index (χ1) is 16.5. The molecule has 0 spiro atoms. The number of aromatic hydroxyl groups is 7. The Kier molecular flexibility index (Phi) is 4.95. The number of aliphatic hydroxyl groups excluding tert-OH is 1. The Labute approximate surface area is 196 Å². The van der Waals surface area contributed by atoms with E-state index in [-0.39, 0.29) is 52.3 Å². The van der Waals surface area contributed by atoms with Gasteiger partial charge in [-0.3, -0.25) is 4.79 Å². The van der Waals surface area contributed by atoms with Crippen LogP contribution in [0.4, 0.5) is 0 Å². The van der Waals surface area contributed by atoms with E-state index in [0.717, 1.165) is 12.1 Å². The van der Waals surface area contributed by atoms with Gasteiger partial charge >= 0.3 is 5.97 Å². The topological polar surface area (TPSA) is 197 Å². The molecule has 0 saturated heterocycles. The van der Waals surface area contributed by atoms with Crippen LogP contribution in [0.25, 0.3) is 0 Å². The summed E-state index contributed by atoms with van der Waals surface area (Å²) in [7, 11) is 0. The van der Waals surface area contributed by atoms with Crippen molar-refractivity contribution in [2.75, 3.05) is 0 Å². The van der Waals surface area contributed by atoms with Crippen LogP contribution in [0, 0.1) is 0 Å². The minimum atomic E-state index is -1.24. The Morgan fingerprint density at radius 1 is 0.714 bits per heavy atom. The fraction of sp³-hybridized carbons (Fsp3) is 0.208. The van der Waals surface area contributed by atoms with Gasteiger partial charge in [-0.2, -0.15) is 0 Å². The summed E-state index contributed by atoms with van der Waals surface area (Å²) >= 11 is 0. The Bertz CT molecular complexity index is 1330. The van der Waals surface area contributed by atoms with Crippen LogP contribution in [0.3, 0.4) is 0 Å². The summed E-state index contributed by atoms with van der Waals surface area (Å²) in [5.41, 5.74) is 0.855. The number of aliphatic hydroxyl groups is 1. The molecule has 0 saturated carbocycles. The smallest absolute Gasteiger partial charge is 0.312 e. The van der Waals surface area contributed by atoms with Gasteiger partial charge in [0.15, 0.2) is 40.6 Å². The number of esters is 1. The van der Waals surface area contributed by atoms with Crippen LogP contribution >= 0.6 is 0 Å². The van der Waals surface area contributed by atoms with E-state index in [2.05, 4.69) is 0 Å². The van der Waals surface area contributed by atoms with Crippen LogP contribution in [-0.4, -0.2) is 52.9 Å². The zero-order valence-corrected chi connectivity index (χ0v) is 17.8. The molecule has 0 amide bonds. The fourth-order valence-corrected chi connectivity index (χ4v) is 4.57. The molecule has 2 aliphatic rings. The summed E-state index contributed by atoms with van der Waals surface area (Å²) in [6, 6.07) is 5.76. The van der Waals surface area contributed by atoms with E-state index in [1.807, 2.05) is 0 Å². The number of hydrogen-bond acceptors (Lipinski definition) is 11. The predicted octanol–water partition coefficient (Wildman–Crippen LogP) is 2.10. The van der Waals surface area contributed by atoms with Crippen molar-refractivity contribution in [1.82, 2.24) is 0 Å². The highest BCUT2D eigenvalue weighted by Gasteiger charge is 2.40. The second-order valence-electron chi connectivity index (χ2n) is 8.47. The average Bonchev–Trinajstić information content (AvgIpc) is 2.79. The number of hydrogen-bond donors (Lipinski definition) is 8. The molecule has 3 aromatic rings. The maximum absolute atomic E-state index is 12.3. The minimum absolute atomic E-state index is 0.0407. The second-order valence-corrected chi connectivity index (χ2v) is 8.47.